The molecule has 0 aromatic heterocycles. The average molecular weight is 240 g/mol. The van der Waals surface area contributed by atoms with Gasteiger partial charge in [-0.1, -0.05) is 27.0 Å². The molecule has 0 aliphatic heterocycles. The van der Waals surface area contributed by atoms with E-state index in [1.54, 1.807) is 0 Å². The van der Waals surface area contributed by atoms with Gasteiger partial charge in [-0.3, -0.25) is 9.80 Å². The predicted molar refractivity (Wildman–Crippen MR) is 74.9 cm³/mol. The molecule has 0 saturated carbocycles. The summed E-state index contributed by atoms with van der Waals surface area (Å²) in [5.41, 5.74) is 0. The molecule has 0 aliphatic rings. The number of likely N-dealkylation sites (N-methyl/N-ethyl adjacent to an activating group) is 2. The van der Waals surface area contributed by atoms with Gasteiger partial charge in [-0.25, -0.2) is 0 Å². The van der Waals surface area contributed by atoms with Crippen LogP contribution in [-0.4, -0.2) is 50.1 Å². The molecule has 0 rings (SSSR count). The van der Waals surface area contributed by atoms with Crippen molar-refractivity contribution in [2.45, 2.75) is 38.8 Å². The van der Waals surface area contributed by atoms with Crippen LogP contribution in [0.15, 0.2) is 24.7 Å². The second-order valence-electron chi connectivity index (χ2n) is 4.81. The van der Waals surface area contributed by atoms with E-state index in [9.17, 15) is 0 Å². The average Bonchev–Trinajstić information content (AvgIpc) is 2.17. The fraction of sp³-hybridized carbons (Fsp3) is 0.714. The molecule has 0 heterocycles. The molecule has 3 nitrogen and oxygen atoms in total. The molecule has 2 atom stereocenters. The highest BCUT2D eigenvalue weighted by Crippen LogP contribution is 2.19. The van der Waals surface area contributed by atoms with Crippen LogP contribution in [0.4, 0.5) is 0 Å². The van der Waals surface area contributed by atoms with E-state index in [1.807, 2.05) is 28.2 Å². The number of rotatable bonds is 8. The SMILES string of the molecule is C=C(OC(=C)C(CC)N(C)C)C(CC)N(C)C. The minimum atomic E-state index is 0.242. The van der Waals surface area contributed by atoms with E-state index >= 15 is 0 Å². The molecule has 0 aliphatic carbocycles. The molecule has 0 N–H and O–H groups in total. The van der Waals surface area contributed by atoms with Gasteiger partial charge in [0.05, 0.1) is 12.1 Å². The van der Waals surface area contributed by atoms with Crippen LogP contribution in [0.3, 0.4) is 0 Å². The van der Waals surface area contributed by atoms with Crippen LogP contribution in [0.1, 0.15) is 26.7 Å². The first-order valence-electron chi connectivity index (χ1n) is 6.23. The van der Waals surface area contributed by atoms with E-state index in [4.69, 9.17) is 4.74 Å². The first-order chi connectivity index (χ1) is 7.84. The van der Waals surface area contributed by atoms with Gasteiger partial charge >= 0.3 is 0 Å². The van der Waals surface area contributed by atoms with Crippen molar-refractivity contribution in [3.8, 4) is 0 Å². The van der Waals surface area contributed by atoms with Crippen molar-refractivity contribution in [3.63, 3.8) is 0 Å². The summed E-state index contributed by atoms with van der Waals surface area (Å²) >= 11 is 0. The highest BCUT2D eigenvalue weighted by Gasteiger charge is 2.19. The quantitative estimate of drug-likeness (QED) is 0.607. The predicted octanol–water partition coefficient (Wildman–Crippen LogP) is 2.71. The molecule has 0 amide bonds. The fourth-order valence-corrected chi connectivity index (χ4v) is 2.07. The summed E-state index contributed by atoms with van der Waals surface area (Å²) in [7, 11) is 8.15. The Hall–Kier alpha value is -0.800. The van der Waals surface area contributed by atoms with Gasteiger partial charge in [0, 0.05) is 0 Å². The Morgan fingerprint density at radius 2 is 1.18 bits per heavy atom. The molecule has 0 aromatic rings. The van der Waals surface area contributed by atoms with Gasteiger partial charge in [0.1, 0.15) is 11.5 Å². The fourth-order valence-electron chi connectivity index (χ4n) is 2.07. The molecular formula is C14H28N2O. The third kappa shape index (κ3) is 4.92. The summed E-state index contributed by atoms with van der Waals surface area (Å²) in [6, 6.07) is 0.484. The van der Waals surface area contributed by atoms with E-state index in [0.717, 1.165) is 24.4 Å². The van der Waals surface area contributed by atoms with Crippen molar-refractivity contribution in [2.75, 3.05) is 28.2 Å². The second kappa shape index (κ2) is 7.51. The normalized spacial score (nSPS) is 14.8. The Morgan fingerprint density at radius 1 is 0.882 bits per heavy atom. The first-order valence-corrected chi connectivity index (χ1v) is 6.23. The largest absolute Gasteiger partial charge is 0.464 e. The lowest BCUT2D eigenvalue weighted by molar-refractivity contribution is 0.159. The molecule has 2 unspecified atom stereocenters. The lowest BCUT2D eigenvalue weighted by Crippen LogP contribution is -2.33. The summed E-state index contributed by atoms with van der Waals surface area (Å²) < 4.78 is 5.81. The van der Waals surface area contributed by atoms with Crippen molar-refractivity contribution in [3.05, 3.63) is 24.7 Å². The molecular weight excluding hydrogens is 212 g/mol. The standard InChI is InChI=1S/C14H28N2O/c1-9-13(15(5)6)11(3)17-12(4)14(10-2)16(7)8/h13-14H,3-4,9-10H2,1-2,5-8H3. The van der Waals surface area contributed by atoms with Crippen molar-refractivity contribution in [1.82, 2.24) is 9.80 Å². The van der Waals surface area contributed by atoms with Crippen LogP contribution in [-0.2, 0) is 4.74 Å². The van der Waals surface area contributed by atoms with Crippen LogP contribution in [0.5, 0.6) is 0 Å². The van der Waals surface area contributed by atoms with Crippen molar-refractivity contribution < 1.29 is 4.74 Å². The Labute approximate surface area is 107 Å². The van der Waals surface area contributed by atoms with Gasteiger partial charge in [0.25, 0.3) is 0 Å². The van der Waals surface area contributed by atoms with E-state index in [-0.39, 0.29) is 12.1 Å². The third-order valence-corrected chi connectivity index (χ3v) is 3.03. The van der Waals surface area contributed by atoms with Gasteiger partial charge in [-0.15, -0.1) is 0 Å². The van der Waals surface area contributed by atoms with Crippen LogP contribution in [0.2, 0.25) is 0 Å². The smallest absolute Gasteiger partial charge is 0.114 e. The first kappa shape index (κ1) is 16.2. The maximum atomic E-state index is 5.81. The van der Waals surface area contributed by atoms with Gasteiger partial charge < -0.3 is 4.74 Å². The van der Waals surface area contributed by atoms with Crippen LogP contribution >= 0.6 is 0 Å². The summed E-state index contributed by atoms with van der Waals surface area (Å²) in [4.78, 5) is 4.23. The Bertz CT molecular complexity index is 233. The molecule has 0 saturated heterocycles. The maximum Gasteiger partial charge on any atom is 0.114 e. The van der Waals surface area contributed by atoms with E-state index in [2.05, 4.69) is 36.8 Å². The Morgan fingerprint density at radius 3 is 1.35 bits per heavy atom. The maximum absolute atomic E-state index is 5.81. The van der Waals surface area contributed by atoms with Gasteiger partial charge in [-0.2, -0.15) is 0 Å². The molecule has 0 radical (unpaired) electrons. The highest BCUT2D eigenvalue weighted by atomic mass is 16.5. The topological polar surface area (TPSA) is 15.7 Å². The molecule has 0 spiro atoms. The number of nitrogens with zero attached hydrogens (tertiary/aromatic N) is 2. The number of hydrogen-bond acceptors (Lipinski definition) is 3. The van der Waals surface area contributed by atoms with Crippen LogP contribution in [0.25, 0.3) is 0 Å². The minimum Gasteiger partial charge on any atom is -0.464 e. The lowest BCUT2D eigenvalue weighted by Gasteiger charge is -2.29. The summed E-state index contributed by atoms with van der Waals surface area (Å²) in [6.45, 7) is 12.3. The van der Waals surface area contributed by atoms with Gasteiger partial charge in [-0.05, 0) is 41.0 Å². The second-order valence-corrected chi connectivity index (χ2v) is 4.81. The molecule has 0 aromatic carbocycles. The van der Waals surface area contributed by atoms with Crippen molar-refractivity contribution in [2.24, 2.45) is 0 Å². The zero-order chi connectivity index (χ0) is 13.6. The van der Waals surface area contributed by atoms with Gasteiger partial charge in [0.15, 0.2) is 0 Å². The van der Waals surface area contributed by atoms with E-state index < -0.39 is 0 Å². The molecule has 0 bridgehead atoms. The summed E-state index contributed by atoms with van der Waals surface area (Å²) in [5.74, 6) is 1.56. The Balaban J connectivity index is 4.51. The highest BCUT2D eigenvalue weighted by molar-refractivity contribution is 5.05. The minimum absolute atomic E-state index is 0.242. The lowest BCUT2D eigenvalue weighted by atomic mass is 10.1. The van der Waals surface area contributed by atoms with Crippen molar-refractivity contribution in [1.29, 1.82) is 0 Å². The summed E-state index contributed by atoms with van der Waals surface area (Å²) in [6.07, 6.45) is 1.97. The Kier molecular flexibility index (Phi) is 7.16. The molecule has 0 fully saturated rings. The summed E-state index contributed by atoms with van der Waals surface area (Å²) in [5, 5.41) is 0. The van der Waals surface area contributed by atoms with E-state index in [0.29, 0.717) is 0 Å². The third-order valence-electron chi connectivity index (χ3n) is 3.03. The molecule has 17 heavy (non-hydrogen) atoms. The molecule has 100 valence electrons. The van der Waals surface area contributed by atoms with Crippen LogP contribution < -0.4 is 0 Å². The number of hydrogen-bond donors (Lipinski definition) is 0. The zero-order valence-electron chi connectivity index (χ0n) is 12.3. The van der Waals surface area contributed by atoms with Crippen LogP contribution in [0, 0.1) is 0 Å². The number of ether oxygens (including phenoxy) is 1. The monoisotopic (exact) mass is 240 g/mol. The van der Waals surface area contributed by atoms with Crippen molar-refractivity contribution >= 4 is 0 Å². The van der Waals surface area contributed by atoms with Gasteiger partial charge in [0.2, 0.25) is 0 Å². The zero-order valence-corrected chi connectivity index (χ0v) is 12.3. The molecule has 3 heteroatoms. The van der Waals surface area contributed by atoms with E-state index in [1.165, 1.54) is 0 Å².